The molecule has 0 radical (unpaired) electrons. The van der Waals surface area contributed by atoms with Crippen LogP contribution in [-0.4, -0.2) is 65.7 Å². The van der Waals surface area contributed by atoms with E-state index < -0.39 is 47.1 Å². The SMILES string of the molecule is CNc1ccc(C(N)=NC[C@](O)(c2cc(C(C)(C)NC(=O)OC(C)(C)C)cc(-c3ccc(F)cc3)n2)C(F)(F)F)cc1OCCO. The molecule has 3 aromatic rings. The summed E-state index contributed by atoms with van der Waals surface area (Å²) in [5.74, 6) is -0.631. The van der Waals surface area contributed by atoms with Crippen molar-refractivity contribution in [1.29, 1.82) is 0 Å². The maximum Gasteiger partial charge on any atom is 0.424 e. The molecule has 1 atom stereocenters. The molecule has 0 spiro atoms. The van der Waals surface area contributed by atoms with Crippen LogP contribution in [0.25, 0.3) is 11.3 Å². The van der Waals surface area contributed by atoms with Gasteiger partial charge in [0.2, 0.25) is 5.60 Å². The molecule has 0 saturated carbocycles. The fourth-order valence-electron chi connectivity index (χ4n) is 4.27. The molecular formula is C32H39F4N5O5. The van der Waals surface area contributed by atoms with Crippen molar-refractivity contribution < 1.29 is 42.0 Å². The third-order valence-electron chi connectivity index (χ3n) is 6.77. The number of benzene rings is 2. The van der Waals surface area contributed by atoms with E-state index in [4.69, 9.17) is 20.3 Å². The van der Waals surface area contributed by atoms with E-state index >= 15 is 0 Å². The number of nitrogens with zero attached hydrogens (tertiary/aromatic N) is 2. The van der Waals surface area contributed by atoms with E-state index in [0.717, 1.165) is 18.2 Å². The lowest BCUT2D eigenvalue weighted by atomic mass is 9.89. The lowest BCUT2D eigenvalue weighted by Gasteiger charge is -2.33. The highest BCUT2D eigenvalue weighted by Gasteiger charge is 2.56. The third-order valence-corrected chi connectivity index (χ3v) is 6.77. The summed E-state index contributed by atoms with van der Waals surface area (Å²) < 4.78 is 68.8. The first-order valence-corrected chi connectivity index (χ1v) is 14.2. The molecule has 14 heteroatoms. The molecule has 1 aromatic heterocycles. The average molecular weight is 650 g/mol. The quantitative estimate of drug-likeness (QED) is 0.108. The van der Waals surface area contributed by atoms with E-state index in [0.29, 0.717) is 5.69 Å². The van der Waals surface area contributed by atoms with Gasteiger partial charge in [-0.2, -0.15) is 13.2 Å². The molecule has 0 bridgehead atoms. The molecule has 0 aliphatic carbocycles. The second-order valence-electron chi connectivity index (χ2n) is 12.0. The Bertz CT molecular complexity index is 1560. The van der Waals surface area contributed by atoms with Crippen LogP contribution in [0.15, 0.2) is 59.6 Å². The van der Waals surface area contributed by atoms with Crippen LogP contribution in [0.4, 0.5) is 28.0 Å². The summed E-state index contributed by atoms with van der Waals surface area (Å²) >= 11 is 0. The van der Waals surface area contributed by atoms with Gasteiger partial charge in [0.1, 0.15) is 29.6 Å². The summed E-state index contributed by atoms with van der Waals surface area (Å²) in [5.41, 5.74) is 0.523. The number of pyridine rings is 1. The zero-order valence-corrected chi connectivity index (χ0v) is 26.4. The van der Waals surface area contributed by atoms with E-state index in [-0.39, 0.29) is 47.2 Å². The number of rotatable bonds is 11. The smallest absolute Gasteiger partial charge is 0.424 e. The Kier molecular flexibility index (Phi) is 10.9. The standard InChI is InChI=1S/C32H39F4N5O5/c1-29(2,3)46-28(43)41-30(4,5)21-16-24(19-7-10-22(33)11-8-19)40-26(17-21)31(44,32(34,35)36)18-39-27(37)20-9-12-23(38-6)25(15-20)45-14-13-42/h7-12,15-17,38,42,44H,13-14,18H2,1-6H3,(H2,37,39)(H,41,43)/t31-/m0/s1. The minimum Gasteiger partial charge on any atom is -0.489 e. The summed E-state index contributed by atoms with van der Waals surface area (Å²) in [7, 11) is 1.63. The highest BCUT2D eigenvalue weighted by Crippen LogP contribution is 2.41. The molecule has 0 aliphatic heterocycles. The van der Waals surface area contributed by atoms with Crippen LogP contribution >= 0.6 is 0 Å². The van der Waals surface area contributed by atoms with E-state index in [1.165, 1.54) is 30.3 Å². The highest BCUT2D eigenvalue weighted by atomic mass is 19.4. The van der Waals surface area contributed by atoms with Gasteiger partial charge < -0.3 is 36.1 Å². The number of aliphatic hydroxyl groups excluding tert-OH is 1. The summed E-state index contributed by atoms with van der Waals surface area (Å²) in [4.78, 5) is 20.7. The van der Waals surface area contributed by atoms with Gasteiger partial charge in [0, 0.05) is 18.2 Å². The first-order valence-electron chi connectivity index (χ1n) is 14.2. The van der Waals surface area contributed by atoms with Crippen LogP contribution in [0, 0.1) is 5.82 Å². The Balaban J connectivity index is 2.14. The van der Waals surface area contributed by atoms with Crippen LogP contribution in [0.3, 0.4) is 0 Å². The molecule has 1 amide bonds. The Morgan fingerprint density at radius 3 is 2.24 bits per heavy atom. The second-order valence-corrected chi connectivity index (χ2v) is 12.0. The molecule has 46 heavy (non-hydrogen) atoms. The van der Waals surface area contributed by atoms with E-state index in [1.807, 2.05) is 0 Å². The second kappa shape index (κ2) is 13.9. The minimum absolute atomic E-state index is 0.0282. The number of aliphatic imine (C=N–C) groups is 1. The molecule has 10 nitrogen and oxygen atoms in total. The number of amides is 1. The molecule has 6 N–H and O–H groups in total. The summed E-state index contributed by atoms with van der Waals surface area (Å²) in [6.07, 6.45) is -6.12. The van der Waals surface area contributed by atoms with Crippen molar-refractivity contribution in [3.8, 4) is 17.0 Å². The number of nitrogens with one attached hydrogen (secondary N) is 2. The number of alkyl carbamates (subject to hydrolysis) is 1. The number of amidine groups is 1. The van der Waals surface area contributed by atoms with Gasteiger partial charge in [-0.1, -0.05) is 0 Å². The highest BCUT2D eigenvalue weighted by molar-refractivity contribution is 5.98. The first-order chi connectivity index (χ1) is 21.3. The number of hydrogen-bond donors (Lipinski definition) is 5. The van der Waals surface area contributed by atoms with Crippen LogP contribution in [-0.2, 0) is 15.9 Å². The topological polar surface area (TPSA) is 151 Å². The Morgan fingerprint density at radius 2 is 1.67 bits per heavy atom. The monoisotopic (exact) mass is 649 g/mol. The third kappa shape index (κ3) is 8.85. The maximum absolute atomic E-state index is 14.8. The first kappa shape index (κ1) is 36.0. The summed E-state index contributed by atoms with van der Waals surface area (Å²) in [5, 5.41) is 26.0. The van der Waals surface area contributed by atoms with Crippen molar-refractivity contribution >= 4 is 17.6 Å². The molecule has 0 fully saturated rings. The number of carbonyl (C=O) groups excluding carboxylic acids is 1. The Labute approximate surface area is 264 Å². The number of ether oxygens (including phenoxy) is 2. The van der Waals surface area contributed by atoms with E-state index in [2.05, 4.69) is 20.6 Å². The lowest BCUT2D eigenvalue weighted by molar-refractivity contribution is -0.263. The molecule has 0 unspecified atom stereocenters. The van der Waals surface area contributed by atoms with Crippen LogP contribution in [0.2, 0.25) is 0 Å². The van der Waals surface area contributed by atoms with Gasteiger partial charge in [-0.3, -0.25) is 4.99 Å². The number of carbonyl (C=O) groups is 1. The number of aromatic nitrogens is 1. The van der Waals surface area contributed by atoms with Crippen molar-refractivity contribution in [1.82, 2.24) is 10.3 Å². The predicted octanol–water partition coefficient (Wildman–Crippen LogP) is 5.22. The number of nitrogens with two attached hydrogens (primary N) is 1. The van der Waals surface area contributed by atoms with Crippen molar-refractivity contribution in [2.24, 2.45) is 10.7 Å². The molecule has 0 aliphatic rings. The lowest BCUT2D eigenvalue weighted by Crippen LogP contribution is -2.47. The van der Waals surface area contributed by atoms with Gasteiger partial charge in [0.25, 0.3) is 0 Å². The zero-order valence-electron chi connectivity index (χ0n) is 26.4. The van der Waals surface area contributed by atoms with Crippen molar-refractivity contribution in [3.05, 3.63) is 77.2 Å². The van der Waals surface area contributed by atoms with Gasteiger partial charge in [-0.15, -0.1) is 0 Å². The number of anilines is 1. The van der Waals surface area contributed by atoms with Crippen molar-refractivity contribution in [2.75, 3.05) is 32.1 Å². The average Bonchev–Trinajstić information content (AvgIpc) is 2.96. The number of halogens is 4. The van der Waals surface area contributed by atoms with Gasteiger partial charge in [-0.05, 0) is 94.8 Å². The molecule has 2 aromatic carbocycles. The normalized spacial score (nSPS) is 14.0. The number of alkyl halides is 3. The summed E-state index contributed by atoms with van der Waals surface area (Å²) in [6.45, 7) is 6.46. The predicted molar refractivity (Wildman–Crippen MR) is 166 cm³/mol. The number of hydrogen-bond acceptors (Lipinski definition) is 8. The van der Waals surface area contributed by atoms with Crippen LogP contribution in [0.5, 0.6) is 5.75 Å². The molecule has 0 saturated heterocycles. The zero-order chi connectivity index (χ0) is 34.5. The van der Waals surface area contributed by atoms with Crippen molar-refractivity contribution in [2.45, 2.75) is 57.5 Å². The Morgan fingerprint density at radius 1 is 1.02 bits per heavy atom. The fourth-order valence-corrected chi connectivity index (χ4v) is 4.27. The largest absolute Gasteiger partial charge is 0.489 e. The Hall–Kier alpha value is -4.43. The molecule has 250 valence electrons. The van der Waals surface area contributed by atoms with Crippen LogP contribution < -0.4 is 21.1 Å². The molecular weight excluding hydrogens is 610 g/mol. The van der Waals surface area contributed by atoms with Gasteiger partial charge in [0.15, 0.2) is 0 Å². The molecule has 3 rings (SSSR count). The number of aliphatic hydroxyl groups is 2. The summed E-state index contributed by atoms with van der Waals surface area (Å²) in [6, 6.07) is 11.8. The minimum atomic E-state index is -5.30. The van der Waals surface area contributed by atoms with E-state index in [1.54, 1.807) is 47.7 Å². The maximum atomic E-state index is 14.8. The van der Waals surface area contributed by atoms with Gasteiger partial charge in [-0.25, -0.2) is 14.2 Å². The van der Waals surface area contributed by atoms with Crippen LogP contribution in [0.1, 0.15) is 51.4 Å². The van der Waals surface area contributed by atoms with Crippen molar-refractivity contribution in [3.63, 3.8) is 0 Å². The molecule has 1 heterocycles. The van der Waals surface area contributed by atoms with E-state index in [9.17, 15) is 27.5 Å². The van der Waals surface area contributed by atoms with Gasteiger partial charge >= 0.3 is 12.3 Å². The fraction of sp³-hybridized carbons (Fsp3) is 0.406. The van der Waals surface area contributed by atoms with Gasteiger partial charge in [0.05, 0.1) is 35.8 Å².